The van der Waals surface area contributed by atoms with Gasteiger partial charge in [-0.25, -0.2) is 0 Å². The molecule has 0 fully saturated rings. The number of halogens is 1. The van der Waals surface area contributed by atoms with Crippen molar-refractivity contribution in [2.45, 2.75) is 26.3 Å². The second-order valence-electron chi connectivity index (χ2n) is 5.18. The van der Waals surface area contributed by atoms with Gasteiger partial charge >= 0.3 is 0 Å². The normalized spacial score (nSPS) is 12.2. The van der Waals surface area contributed by atoms with Crippen molar-refractivity contribution in [3.8, 4) is 5.75 Å². The van der Waals surface area contributed by atoms with Crippen LogP contribution in [0.1, 0.15) is 36.1 Å². The van der Waals surface area contributed by atoms with E-state index < -0.39 is 0 Å². The van der Waals surface area contributed by atoms with Gasteiger partial charge in [0.05, 0.1) is 13.2 Å². The summed E-state index contributed by atoms with van der Waals surface area (Å²) < 4.78 is 5.51. The molecule has 0 saturated carbocycles. The molecule has 1 unspecified atom stereocenters. The Kier molecular flexibility index (Phi) is 5.66. The fourth-order valence-corrected chi connectivity index (χ4v) is 2.54. The number of ether oxygens (including phenoxy) is 1. The summed E-state index contributed by atoms with van der Waals surface area (Å²) in [4.78, 5) is 0. The number of nitrogens with one attached hydrogen (secondary N) is 1. The minimum Gasteiger partial charge on any atom is -0.496 e. The molecule has 1 atom stereocenters. The molecule has 0 bridgehead atoms. The van der Waals surface area contributed by atoms with E-state index in [1.807, 2.05) is 18.2 Å². The van der Waals surface area contributed by atoms with E-state index in [0.717, 1.165) is 24.3 Å². The SMILES string of the molecule is CCCNC(c1ccc(C)cc1)c1ccc(Cl)cc1OC. The summed E-state index contributed by atoms with van der Waals surface area (Å²) in [5.41, 5.74) is 3.60. The Morgan fingerprint density at radius 2 is 1.86 bits per heavy atom. The van der Waals surface area contributed by atoms with Gasteiger partial charge in [-0.2, -0.15) is 0 Å². The summed E-state index contributed by atoms with van der Waals surface area (Å²) in [6.07, 6.45) is 1.08. The van der Waals surface area contributed by atoms with Crippen molar-refractivity contribution in [2.75, 3.05) is 13.7 Å². The van der Waals surface area contributed by atoms with Gasteiger partial charge in [-0.15, -0.1) is 0 Å². The van der Waals surface area contributed by atoms with Crippen molar-refractivity contribution >= 4 is 11.6 Å². The molecule has 2 nitrogen and oxygen atoms in total. The summed E-state index contributed by atoms with van der Waals surface area (Å²) in [6.45, 7) is 5.21. The van der Waals surface area contributed by atoms with Gasteiger partial charge in [-0.1, -0.05) is 54.4 Å². The van der Waals surface area contributed by atoms with Crippen LogP contribution < -0.4 is 10.1 Å². The predicted molar refractivity (Wildman–Crippen MR) is 89.3 cm³/mol. The number of hydrogen-bond donors (Lipinski definition) is 1. The Morgan fingerprint density at radius 3 is 2.48 bits per heavy atom. The summed E-state index contributed by atoms with van der Waals surface area (Å²) in [5, 5.41) is 4.28. The van der Waals surface area contributed by atoms with Crippen LogP contribution in [0.15, 0.2) is 42.5 Å². The molecule has 21 heavy (non-hydrogen) atoms. The van der Waals surface area contributed by atoms with Crippen LogP contribution in [0.2, 0.25) is 5.02 Å². The zero-order valence-corrected chi connectivity index (χ0v) is 13.6. The van der Waals surface area contributed by atoms with Gasteiger partial charge in [-0.05, 0) is 37.6 Å². The smallest absolute Gasteiger partial charge is 0.125 e. The van der Waals surface area contributed by atoms with E-state index in [-0.39, 0.29) is 6.04 Å². The van der Waals surface area contributed by atoms with E-state index >= 15 is 0 Å². The highest BCUT2D eigenvalue weighted by Gasteiger charge is 2.17. The van der Waals surface area contributed by atoms with Crippen molar-refractivity contribution in [1.82, 2.24) is 5.32 Å². The molecule has 0 aliphatic heterocycles. The van der Waals surface area contributed by atoms with Crippen molar-refractivity contribution in [1.29, 1.82) is 0 Å². The molecular formula is C18H22ClNO. The molecule has 0 saturated heterocycles. The Balaban J connectivity index is 2.42. The van der Waals surface area contributed by atoms with Crippen LogP contribution in [0.4, 0.5) is 0 Å². The lowest BCUT2D eigenvalue weighted by Crippen LogP contribution is -2.23. The third-order valence-corrected chi connectivity index (χ3v) is 3.75. The van der Waals surface area contributed by atoms with Crippen LogP contribution in [-0.2, 0) is 0 Å². The van der Waals surface area contributed by atoms with Gasteiger partial charge in [0.25, 0.3) is 0 Å². The van der Waals surface area contributed by atoms with Gasteiger partial charge in [0.1, 0.15) is 5.75 Å². The van der Waals surface area contributed by atoms with Crippen molar-refractivity contribution in [2.24, 2.45) is 0 Å². The molecule has 1 N–H and O–H groups in total. The van der Waals surface area contributed by atoms with Crippen LogP contribution in [0, 0.1) is 6.92 Å². The van der Waals surface area contributed by atoms with Gasteiger partial charge in [0.2, 0.25) is 0 Å². The van der Waals surface area contributed by atoms with E-state index in [4.69, 9.17) is 16.3 Å². The second-order valence-corrected chi connectivity index (χ2v) is 5.62. The molecule has 112 valence electrons. The van der Waals surface area contributed by atoms with Crippen LogP contribution in [0.3, 0.4) is 0 Å². The van der Waals surface area contributed by atoms with Crippen molar-refractivity contribution in [3.63, 3.8) is 0 Å². The zero-order valence-electron chi connectivity index (χ0n) is 12.8. The topological polar surface area (TPSA) is 21.3 Å². The molecule has 0 aliphatic rings. The van der Waals surface area contributed by atoms with E-state index in [9.17, 15) is 0 Å². The Labute approximate surface area is 132 Å². The molecule has 0 amide bonds. The molecule has 0 aliphatic carbocycles. The highest BCUT2D eigenvalue weighted by Crippen LogP contribution is 2.32. The summed E-state index contributed by atoms with van der Waals surface area (Å²) in [6, 6.07) is 14.5. The molecule has 3 heteroatoms. The zero-order chi connectivity index (χ0) is 15.2. The first-order valence-electron chi connectivity index (χ1n) is 7.29. The first kappa shape index (κ1) is 15.9. The fourth-order valence-electron chi connectivity index (χ4n) is 2.38. The lowest BCUT2D eigenvalue weighted by Gasteiger charge is -2.22. The number of methoxy groups -OCH3 is 1. The third kappa shape index (κ3) is 3.99. The monoisotopic (exact) mass is 303 g/mol. The maximum absolute atomic E-state index is 6.07. The summed E-state index contributed by atoms with van der Waals surface area (Å²) >= 11 is 6.07. The van der Waals surface area contributed by atoms with Gasteiger partial charge in [-0.3, -0.25) is 0 Å². The highest BCUT2D eigenvalue weighted by molar-refractivity contribution is 6.30. The molecule has 0 aromatic heterocycles. The molecule has 2 aromatic rings. The lowest BCUT2D eigenvalue weighted by atomic mass is 9.97. The number of rotatable bonds is 6. The minimum atomic E-state index is 0.109. The van der Waals surface area contributed by atoms with Gasteiger partial charge in [0.15, 0.2) is 0 Å². The quantitative estimate of drug-likeness (QED) is 0.832. The van der Waals surface area contributed by atoms with Crippen LogP contribution >= 0.6 is 11.6 Å². The average Bonchev–Trinajstić information content (AvgIpc) is 2.50. The highest BCUT2D eigenvalue weighted by atomic mass is 35.5. The van der Waals surface area contributed by atoms with Crippen LogP contribution in [0.5, 0.6) is 5.75 Å². The van der Waals surface area contributed by atoms with E-state index in [1.54, 1.807) is 7.11 Å². The van der Waals surface area contributed by atoms with Crippen LogP contribution in [0.25, 0.3) is 0 Å². The van der Waals surface area contributed by atoms with Crippen LogP contribution in [-0.4, -0.2) is 13.7 Å². The Bertz CT molecular complexity index is 580. The second kappa shape index (κ2) is 7.48. The maximum atomic E-state index is 6.07. The number of benzene rings is 2. The van der Waals surface area contributed by atoms with E-state index in [2.05, 4.69) is 43.4 Å². The number of hydrogen-bond acceptors (Lipinski definition) is 2. The summed E-state index contributed by atoms with van der Waals surface area (Å²) in [7, 11) is 1.68. The maximum Gasteiger partial charge on any atom is 0.125 e. The molecular weight excluding hydrogens is 282 g/mol. The summed E-state index contributed by atoms with van der Waals surface area (Å²) in [5.74, 6) is 0.816. The standard InChI is InChI=1S/C18H22ClNO/c1-4-11-20-18(14-7-5-13(2)6-8-14)16-10-9-15(19)12-17(16)21-3/h5-10,12,18,20H,4,11H2,1-3H3. The number of aryl methyl sites for hydroxylation is 1. The Morgan fingerprint density at radius 1 is 1.14 bits per heavy atom. The Hall–Kier alpha value is -1.51. The minimum absolute atomic E-state index is 0.109. The lowest BCUT2D eigenvalue weighted by molar-refractivity contribution is 0.404. The molecule has 0 spiro atoms. The average molecular weight is 304 g/mol. The molecule has 2 aromatic carbocycles. The fraction of sp³-hybridized carbons (Fsp3) is 0.333. The third-order valence-electron chi connectivity index (χ3n) is 3.52. The van der Waals surface area contributed by atoms with E-state index in [1.165, 1.54) is 11.1 Å². The van der Waals surface area contributed by atoms with Crippen molar-refractivity contribution in [3.05, 3.63) is 64.2 Å². The predicted octanol–water partition coefficient (Wildman–Crippen LogP) is 4.75. The largest absolute Gasteiger partial charge is 0.496 e. The van der Waals surface area contributed by atoms with Crippen molar-refractivity contribution < 1.29 is 4.74 Å². The van der Waals surface area contributed by atoms with Gasteiger partial charge in [0, 0.05) is 10.6 Å². The molecule has 0 radical (unpaired) electrons. The molecule has 2 rings (SSSR count). The first-order chi connectivity index (χ1) is 10.2. The first-order valence-corrected chi connectivity index (χ1v) is 7.67. The molecule has 0 heterocycles. The van der Waals surface area contributed by atoms with E-state index in [0.29, 0.717) is 5.02 Å². The van der Waals surface area contributed by atoms with Gasteiger partial charge < -0.3 is 10.1 Å².